The summed E-state index contributed by atoms with van der Waals surface area (Å²) in [5, 5.41) is 6.35. The molecule has 27 heavy (non-hydrogen) atoms. The lowest BCUT2D eigenvalue weighted by Gasteiger charge is -2.10. The van der Waals surface area contributed by atoms with Crippen molar-refractivity contribution < 1.29 is 9.59 Å². The van der Waals surface area contributed by atoms with Crippen LogP contribution in [0.5, 0.6) is 0 Å². The molecule has 0 aliphatic heterocycles. The second-order valence-electron chi connectivity index (χ2n) is 6.31. The van der Waals surface area contributed by atoms with Crippen LogP contribution < -0.4 is 10.6 Å². The van der Waals surface area contributed by atoms with Gasteiger partial charge in [0.05, 0.1) is 11.6 Å². The van der Waals surface area contributed by atoms with Gasteiger partial charge in [-0.05, 0) is 42.7 Å². The van der Waals surface area contributed by atoms with Crippen molar-refractivity contribution in [2.24, 2.45) is 0 Å². The van der Waals surface area contributed by atoms with E-state index in [0.717, 1.165) is 29.0 Å². The van der Waals surface area contributed by atoms with E-state index in [1.165, 1.54) is 11.3 Å². The van der Waals surface area contributed by atoms with E-state index in [-0.39, 0.29) is 17.7 Å². The molecule has 4 rings (SSSR count). The van der Waals surface area contributed by atoms with Crippen LogP contribution in [0.25, 0.3) is 0 Å². The number of hydrogen-bond acceptors (Lipinski definition) is 5. The number of anilines is 1. The van der Waals surface area contributed by atoms with Gasteiger partial charge in [0.2, 0.25) is 5.91 Å². The number of amides is 2. The highest BCUT2D eigenvalue weighted by Gasteiger charge is 2.32. The third kappa shape index (κ3) is 3.88. The molecule has 6 nitrogen and oxygen atoms in total. The van der Waals surface area contributed by atoms with Crippen molar-refractivity contribution in [2.45, 2.75) is 25.3 Å². The van der Waals surface area contributed by atoms with Gasteiger partial charge < -0.3 is 5.32 Å². The average Bonchev–Trinajstić information content (AvgIpc) is 3.27. The summed E-state index contributed by atoms with van der Waals surface area (Å²) in [6, 6.07) is 12.8. The highest BCUT2D eigenvalue weighted by Crippen LogP contribution is 2.38. The van der Waals surface area contributed by atoms with Gasteiger partial charge in [-0.3, -0.25) is 19.9 Å². The van der Waals surface area contributed by atoms with Crippen LogP contribution in [0.15, 0.2) is 54.9 Å². The Morgan fingerprint density at radius 2 is 1.89 bits per heavy atom. The summed E-state index contributed by atoms with van der Waals surface area (Å²) in [4.78, 5) is 34.4. The van der Waals surface area contributed by atoms with Gasteiger partial charge in [0.25, 0.3) is 5.91 Å². The second-order valence-corrected chi connectivity index (χ2v) is 7.40. The molecule has 1 aromatic carbocycles. The number of carbonyl (C=O) groups excluding carboxylic acids is 2. The smallest absolute Gasteiger partial charge is 0.257 e. The Morgan fingerprint density at radius 1 is 1.11 bits per heavy atom. The minimum Gasteiger partial charge on any atom is -0.351 e. The molecule has 2 heterocycles. The van der Waals surface area contributed by atoms with Gasteiger partial charge in [-0.2, -0.15) is 0 Å². The number of hydrogen-bond donors (Lipinski definition) is 2. The Labute approximate surface area is 160 Å². The summed E-state index contributed by atoms with van der Waals surface area (Å²) in [5.74, 6) is -0.487. The van der Waals surface area contributed by atoms with E-state index < -0.39 is 0 Å². The fraction of sp³-hybridized carbons (Fsp3) is 0.200. The lowest BCUT2D eigenvalue weighted by molar-refractivity contribution is -0.122. The Hall–Kier alpha value is -3.06. The second kappa shape index (κ2) is 7.67. The first kappa shape index (κ1) is 17.4. The number of carbonyl (C=O) groups is 2. The predicted molar refractivity (Wildman–Crippen MR) is 104 cm³/mol. The van der Waals surface area contributed by atoms with Crippen LogP contribution in [-0.4, -0.2) is 21.8 Å². The standard InChI is InChI=1S/C20H18N4O2S/c25-18(14-4-2-1-3-5-14)24-20-23-17-15(6-7-16(17)27-20)19(26)22-12-13-8-10-21-11-9-13/h1-5,8-11,15H,6-7,12H2,(H,22,26)(H,23,24,25)/t15-/m0/s1. The third-order valence-electron chi connectivity index (χ3n) is 4.51. The van der Waals surface area contributed by atoms with Gasteiger partial charge in [-0.25, -0.2) is 4.98 Å². The molecule has 3 aromatic rings. The summed E-state index contributed by atoms with van der Waals surface area (Å²) in [6.07, 6.45) is 4.97. The van der Waals surface area contributed by atoms with Crippen LogP contribution in [0, 0.1) is 0 Å². The molecule has 2 N–H and O–H groups in total. The van der Waals surface area contributed by atoms with Crippen LogP contribution in [0.3, 0.4) is 0 Å². The lowest BCUT2D eigenvalue weighted by atomic mass is 10.1. The largest absolute Gasteiger partial charge is 0.351 e. The number of benzene rings is 1. The molecule has 1 aliphatic carbocycles. The molecule has 0 fully saturated rings. The van der Waals surface area contributed by atoms with Crippen molar-refractivity contribution in [3.05, 3.63) is 76.6 Å². The highest BCUT2D eigenvalue weighted by molar-refractivity contribution is 7.16. The van der Waals surface area contributed by atoms with Gasteiger partial charge >= 0.3 is 0 Å². The van der Waals surface area contributed by atoms with Gasteiger partial charge in [0.15, 0.2) is 5.13 Å². The maximum absolute atomic E-state index is 12.6. The zero-order valence-electron chi connectivity index (χ0n) is 14.5. The molecule has 0 radical (unpaired) electrons. The van der Waals surface area contributed by atoms with Crippen LogP contribution in [0.1, 0.15) is 38.8 Å². The van der Waals surface area contributed by atoms with Crippen molar-refractivity contribution in [3.8, 4) is 0 Å². The summed E-state index contributed by atoms with van der Waals surface area (Å²) in [5.41, 5.74) is 2.38. The molecule has 1 atom stereocenters. The first-order valence-electron chi connectivity index (χ1n) is 8.73. The number of fused-ring (bicyclic) bond motifs is 1. The molecule has 0 bridgehead atoms. The lowest BCUT2D eigenvalue weighted by Crippen LogP contribution is -2.28. The molecule has 0 unspecified atom stereocenters. The molecular weight excluding hydrogens is 360 g/mol. The van der Waals surface area contributed by atoms with E-state index in [1.54, 1.807) is 24.5 Å². The first-order chi connectivity index (χ1) is 13.2. The predicted octanol–water partition coefficient (Wildman–Crippen LogP) is 3.14. The van der Waals surface area contributed by atoms with Crippen LogP contribution in [-0.2, 0) is 17.8 Å². The summed E-state index contributed by atoms with van der Waals surface area (Å²) < 4.78 is 0. The molecule has 0 saturated heterocycles. The zero-order valence-corrected chi connectivity index (χ0v) is 15.3. The summed E-state index contributed by atoms with van der Waals surface area (Å²) in [6.45, 7) is 0.467. The van der Waals surface area contributed by atoms with Crippen molar-refractivity contribution >= 4 is 28.3 Å². The van der Waals surface area contributed by atoms with Crippen molar-refractivity contribution in [1.29, 1.82) is 0 Å². The topological polar surface area (TPSA) is 84.0 Å². The molecule has 0 saturated carbocycles. The van der Waals surface area contributed by atoms with Crippen LogP contribution in [0.4, 0.5) is 5.13 Å². The third-order valence-corrected chi connectivity index (χ3v) is 5.55. The van der Waals surface area contributed by atoms with E-state index in [1.807, 2.05) is 30.3 Å². The Morgan fingerprint density at radius 3 is 2.67 bits per heavy atom. The fourth-order valence-electron chi connectivity index (χ4n) is 3.11. The van der Waals surface area contributed by atoms with Crippen molar-refractivity contribution in [2.75, 3.05) is 5.32 Å². The maximum atomic E-state index is 12.6. The summed E-state index contributed by atoms with van der Waals surface area (Å²) in [7, 11) is 0. The SMILES string of the molecule is O=C(Nc1nc2c(s1)CC[C@@H]2C(=O)NCc1ccncc1)c1ccccc1. The number of pyridine rings is 1. The van der Waals surface area contributed by atoms with E-state index in [4.69, 9.17) is 0 Å². The van der Waals surface area contributed by atoms with Gasteiger partial charge in [-0.15, -0.1) is 11.3 Å². The molecular formula is C20H18N4O2S. The molecule has 2 aromatic heterocycles. The minimum atomic E-state index is -0.263. The Balaban J connectivity index is 1.41. The van der Waals surface area contributed by atoms with E-state index >= 15 is 0 Å². The van der Waals surface area contributed by atoms with Crippen LogP contribution >= 0.6 is 11.3 Å². The average molecular weight is 378 g/mol. The van der Waals surface area contributed by atoms with E-state index in [9.17, 15) is 9.59 Å². The number of aryl methyl sites for hydroxylation is 1. The Bertz CT molecular complexity index is 957. The van der Waals surface area contributed by atoms with Gasteiger partial charge in [0.1, 0.15) is 0 Å². The number of aromatic nitrogens is 2. The first-order valence-corrected chi connectivity index (χ1v) is 9.55. The summed E-state index contributed by atoms with van der Waals surface area (Å²) >= 11 is 1.45. The number of nitrogens with one attached hydrogen (secondary N) is 2. The minimum absolute atomic E-state index is 0.0307. The number of nitrogens with zero attached hydrogens (tertiary/aromatic N) is 2. The van der Waals surface area contributed by atoms with Crippen molar-refractivity contribution in [1.82, 2.24) is 15.3 Å². The fourth-order valence-corrected chi connectivity index (χ4v) is 4.14. The quantitative estimate of drug-likeness (QED) is 0.714. The van der Waals surface area contributed by atoms with Gasteiger partial charge in [0, 0.05) is 29.4 Å². The number of rotatable bonds is 5. The highest BCUT2D eigenvalue weighted by atomic mass is 32.1. The van der Waals surface area contributed by atoms with Crippen LogP contribution in [0.2, 0.25) is 0 Å². The maximum Gasteiger partial charge on any atom is 0.257 e. The van der Waals surface area contributed by atoms with Gasteiger partial charge in [-0.1, -0.05) is 18.2 Å². The number of thiazole rings is 1. The zero-order chi connectivity index (χ0) is 18.6. The molecule has 136 valence electrons. The Kier molecular flexibility index (Phi) is 4.93. The monoisotopic (exact) mass is 378 g/mol. The van der Waals surface area contributed by atoms with E-state index in [0.29, 0.717) is 17.2 Å². The molecule has 1 aliphatic rings. The molecule has 7 heteroatoms. The normalized spacial score (nSPS) is 15.2. The molecule has 0 spiro atoms. The van der Waals surface area contributed by atoms with Crippen molar-refractivity contribution in [3.63, 3.8) is 0 Å². The van der Waals surface area contributed by atoms with E-state index in [2.05, 4.69) is 20.6 Å². The molecule has 2 amide bonds.